The van der Waals surface area contributed by atoms with E-state index in [9.17, 15) is 8.78 Å². The van der Waals surface area contributed by atoms with Crippen LogP contribution in [0.1, 0.15) is 11.1 Å². The van der Waals surface area contributed by atoms with Crippen LogP contribution in [0.25, 0.3) is 0 Å². The third kappa shape index (κ3) is 1.42. The van der Waals surface area contributed by atoms with Gasteiger partial charge in [0.15, 0.2) is 0 Å². The van der Waals surface area contributed by atoms with E-state index < -0.39 is 18.2 Å². The molecule has 0 aliphatic carbocycles. The maximum absolute atomic E-state index is 13.0. The van der Waals surface area contributed by atoms with Crippen molar-refractivity contribution >= 4 is 11.6 Å². The minimum absolute atomic E-state index is 0.169. The van der Waals surface area contributed by atoms with E-state index in [1.54, 1.807) is 0 Å². The van der Waals surface area contributed by atoms with Crippen LogP contribution >= 0.6 is 11.6 Å². The molecule has 0 saturated heterocycles. The maximum atomic E-state index is 13.0. The van der Waals surface area contributed by atoms with Gasteiger partial charge < -0.3 is 5.11 Å². The van der Waals surface area contributed by atoms with Gasteiger partial charge in [-0.25, -0.2) is 8.78 Å². The van der Waals surface area contributed by atoms with Gasteiger partial charge >= 0.3 is 0 Å². The van der Waals surface area contributed by atoms with Crippen LogP contribution in [0, 0.1) is 18.6 Å². The SMILES string of the molecule is Cc1cc(Cl)c(F)c(CO)c1F. The Morgan fingerprint density at radius 2 is 2.00 bits per heavy atom. The van der Waals surface area contributed by atoms with E-state index in [2.05, 4.69) is 0 Å². The third-order valence-electron chi connectivity index (χ3n) is 1.59. The number of aliphatic hydroxyl groups is 1. The van der Waals surface area contributed by atoms with Crippen LogP contribution in [0.15, 0.2) is 6.07 Å². The average molecular weight is 193 g/mol. The van der Waals surface area contributed by atoms with Crippen molar-refractivity contribution in [1.29, 1.82) is 0 Å². The predicted octanol–water partition coefficient (Wildman–Crippen LogP) is 2.42. The van der Waals surface area contributed by atoms with Crippen molar-refractivity contribution in [1.82, 2.24) is 0 Å². The van der Waals surface area contributed by atoms with E-state index in [-0.39, 0.29) is 16.1 Å². The molecule has 0 aliphatic heterocycles. The summed E-state index contributed by atoms with van der Waals surface area (Å²) in [6.45, 7) is 0.777. The summed E-state index contributed by atoms with van der Waals surface area (Å²) in [5, 5.41) is 8.44. The lowest BCUT2D eigenvalue weighted by molar-refractivity contribution is 0.268. The Kier molecular flexibility index (Phi) is 2.65. The average Bonchev–Trinajstić information content (AvgIpc) is 2.02. The van der Waals surface area contributed by atoms with Crippen molar-refractivity contribution in [2.24, 2.45) is 0 Å². The highest BCUT2D eigenvalue weighted by Gasteiger charge is 2.13. The van der Waals surface area contributed by atoms with Gasteiger partial charge in [0.05, 0.1) is 17.2 Å². The molecule has 4 heteroatoms. The summed E-state index contributed by atoms with van der Waals surface area (Å²) >= 11 is 5.42. The van der Waals surface area contributed by atoms with Gasteiger partial charge in [-0.15, -0.1) is 0 Å². The molecule has 0 amide bonds. The highest BCUT2D eigenvalue weighted by Crippen LogP contribution is 2.23. The lowest BCUT2D eigenvalue weighted by Crippen LogP contribution is -1.98. The Balaban J connectivity index is 3.42. The zero-order valence-corrected chi connectivity index (χ0v) is 7.12. The molecule has 0 spiro atoms. The fourth-order valence-corrected chi connectivity index (χ4v) is 1.21. The first-order valence-corrected chi connectivity index (χ1v) is 3.69. The van der Waals surface area contributed by atoms with Crippen molar-refractivity contribution < 1.29 is 13.9 Å². The fraction of sp³-hybridized carbons (Fsp3) is 0.250. The van der Waals surface area contributed by atoms with Gasteiger partial charge in [-0.3, -0.25) is 0 Å². The van der Waals surface area contributed by atoms with E-state index in [0.29, 0.717) is 0 Å². The molecule has 0 radical (unpaired) electrons. The zero-order chi connectivity index (χ0) is 9.30. The predicted molar refractivity (Wildman–Crippen MR) is 42.0 cm³/mol. The van der Waals surface area contributed by atoms with Crippen molar-refractivity contribution in [2.75, 3.05) is 0 Å². The molecular weight excluding hydrogens is 186 g/mol. The normalized spacial score (nSPS) is 10.4. The topological polar surface area (TPSA) is 20.2 Å². The van der Waals surface area contributed by atoms with E-state index in [1.807, 2.05) is 0 Å². The minimum atomic E-state index is -0.887. The lowest BCUT2D eigenvalue weighted by atomic mass is 10.1. The molecule has 0 saturated carbocycles. The molecular formula is C8H7ClF2O. The fourth-order valence-electron chi connectivity index (χ4n) is 0.934. The second-order valence-electron chi connectivity index (χ2n) is 2.44. The summed E-state index contributed by atoms with van der Waals surface area (Å²) in [6.07, 6.45) is 0. The van der Waals surface area contributed by atoms with Crippen LogP contribution in [0.2, 0.25) is 5.02 Å². The van der Waals surface area contributed by atoms with Gasteiger partial charge in [-0.2, -0.15) is 0 Å². The Morgan fingerprint density at radius 3 is 2.50 bits per heavy atom. The molecule has 0 fully saturated rings. The Hall–Kier alpha value is -0.670. The number of rotatable bonds is 1. The van der Waals surface area contributed by atoms with Crippen molar-refractivity contribution in [3.63, 3.8) is 0 Å². The third-order valence-corrected chi connectivity index (χ3v) is 1.86. The first-order valence-electron chi connectivity index (χ1n) is 3.31. The number of hydrogen-bond donors (Lipinski definition) is 1. The maximum Gasteiger partial charge on any atom is 0.150 e. The van der Waals surface area contributed by atoms with Crippen LogP contribution in [-0.4, -0.2) is 5.11 Å². The van der Waals surface area contributed by atoms with Gasteiger partial charge in [0.2, 0.25) is 0 Å². The molecule has 1 aromatic carbocycles. The molecule has 0 unspecified atom stereocenters. The Bertz CT molecular complexity index is 286. The number of benzene rings is 1. The van der Waals surface area contributed by atoms with Crippen LogP contribution in [0.5, 0.6) is 0 Å². The number of hydrogen-bond acceptors (Lipinski definition) is 1. The van der Waals surface area contributed by atoms with Crippen molar-refractivity contribution in [3.8, 4) is 0 Å². The molecule has 1 nitrogen and oxygen atoms in total. The molecule has 0 bridgehead atoms. The molecule has 0 aliphatic rings. The molecule has 66 valence electrons. The summed E-state index contributed by atoms with van der Waals surface area (Å²) < 4.78 is 25.9. The largest absolute Gasteiger partial charge is 0.391 e. The van der Waals surface area contributed by atoms with Gasteiger partial charge in [-0.1, -0.05) is 11.6 Å². The zero-order valence-electron chi connectivity index (χ0n) is 6.37. The van der Waals surface area contributed by atoms with E-state index >= 15 is 0 Å². The summed E-state index contributed by atoms with van der Waals surface area (Å²) in [4.78, 5) is 0. The van der Waals surface area contributed by atoms with E-state index in [1.165, 1.54) is 13.0 Å². The first kappa shape index (κ1) is 9.42. The molecule has 1 aromatic rings. The molecule has 1 N–H and O–H groups in total. The Labute approximate surface area is 73.6 Å². The number of aryl methyl sites for hydroxylation is 1. The summed E-state index contributed by atoms with van der Waals surface area (Å²) in [5.74, 6) is -1.62. The molecule has 1 rings (SSSR count). The smallest absolute Gasteiger partial charge is 0.150 e. The Morgan fingerprint density at radius 1 is 1.42 bits per heavy atom. The number of aliphatic hydroxyl groups excluding tert-OH is 1. The monoisotopic (exact) mass is 192 g/mol. The quantitative estimate of drug-likeness (QED) is 0.678. The van der Waals surface area contributed by atoms with Gasteiger partial charge in [-0.05, 0) is 18.6 Å². The highest BCUT2D eigenvalue weighted by molar-refractivity contribution is 6.30. The number of halogens is 3. The van der Waals surface area contributed by atoms with Gasteiger partial charge in [0.1, 0.15) is 11.6 Å². The lowest BCUT2D eigenvalue weighted by Gasteiger charge is -2.05. The first-order chi connectivity index (χ1) is 5.57. The minimum Gasteiger partial charge on any atom is -0.391 e. The molecule has 0 heterocycles. The second-order valence-corrected chi connectivity index (χ2v) is 2.85. The van der Waals surface area contributed by atoms with Crippen LogP contribution < -0.4 is 0 Å². The van der Waals surface area contributed by atoms with Gasteiger partial charge in [0, 0.05) is 0 Å². The van der Waals surface area contributed by atoms with E-state index in [0.717, 1.165) is 0 Å². The summed E-state index contributed by atoms with van der Waals surface area (Å²) in [7, 11) is 0. The van der Waals surface area contributed by atoms with Crippen molar-refractivity contribution in [2.45, 2.75) is 13.5 Å². The van der Waals surface area contributed by atoms with E-state index in [4.69, 9.17) is 16.7 Å². The van der Waals surface area contributed by atoms with Gasteiger partial charge in [0.25, 0.3) is 0 Å². The van der Waals surface area contributed by atoms with Crippen molar-refractivity contribution in [3.05, 3.63) is 33.9 Å². The van der Waals surface area contributed by atoms with Crippen LogP contribution in [0.4, 0.5) is 8.78 Å². The molecule has 0 atom stereocenters. The second kappa shape index (κ2) is 3.37. The van der Waals surface area contributed by atoms with Crippen LogP contribution in [-0.2, 0) is 6.61 Å². The summed E-state index contributed by atoms with van der Waals surface area (Å²) in [6, 6.07) is 1.19. The molecule has 12 heavy (non-hydrogen) atoms. The summed E-state index contributed by atoms with van der Waals surface area (Å²) in [5.41, 5.74) is -0.148. The standard InChI is InChI=1S/C8H7ClF2O/c1-4-2-6(9)8(11)5(3-12)7(4)10/h2,12H,3H2,1H3. The van der Waals surface area contributed by atoms with Crippen LogP contribution in [0.3, 0.4) is 0 Å². The highest BCUT2D eigenvalue weighted by atomic mass is 35.5. The molecule has 0 aromatic heterocycles.